The molecule has 6 unspecified atom stereocenters. The maximum Gasteiger partial charge on any atom is 0.311 e. The van der Waals surface area contributed by atoms with Gasteiger partial charge in [0.05, 0.1) is 17.3 Å². The molecule has 3 fully saturated rings. The Morgan fingerprint density at radius 1 is 1.29 bits per heavy atom. The molecule has 6 atom stereocenters. The Bertz CT molecular complexity index is 612. The summed E-state index contributed by atoms with van der Waals surface area (Å²) in [5.41, 5.74) is -0.638. The Morgan fingerprint density at radius 3 is 2.54 bits per heavy atom. The largest absolute Gasteiger partial charge is 0.458 e. The monoisotopic (exact) mass is 337 g/mol. The van der Waals surface area contributed by atoms with Crippen molar-refractivity contribution < 1.29 is 28.7 Å². The summed E-state index contributed by atoms with van der Waals surface area (Å²) in [5.74, 6) is -3.34. The lowest BCUT2D eigenvalue weighted by atomic mass is 9.77. The lowest BCUT2D eigenvalue weighted by Crippen LogP contribution is -2.48. The Morgan fingerprint density at radius 2 is 1.96 bits per heavy atom. The molecule has 0 aromatic heterocycles. The number of imide groups is 1. The maximum absolute atomic E-state index is 12.4. The molecule has 1 heterocycles. The third-order valence-corrected chi connectivity index (χ3v) is 5.83. The molecule has 3 aliphatic rings. The van der Waals surface area contributed by atoms with Crippen molar-refractivity contribution in [2.75, 3.05) is 0 Å². The smallest absolute Gasteiger partial charge is 0.311 e. The van der Waals surface area contributed by atoms with E-state index in [1.165, 1.54) is 6.92 Å². The van der Waals surface area contributed by atoms with Gasteiger partial charge in [-0.05, 0) is 26.7 Å². The van der Waals surface area contributed by atoms with Crippen molar-refractivity contribution in [1.82, 2.24) is 5.32 Å². The van der Waals surface area contributed by atoms with Gasteiger partial charge in [0.15, 0.2) is 0 Å². The zero-order chi connectivity index (χ0) is 17.8. The van der Waals surface area contributed by atoms with Crippen LogP contribution in [0.1, 0.15) is 40.5 Å². The molecule has 132 valence electrons. The first kappa shape index (κ1) is 16.9. The Hall–Kier alpha value is -1.92. The minimum Gasteiger partial charge on any atom is -0.458 e. The summed E-state index contributed by atoms with van der Waals surface area (Å²) >= 11 is 0. The van der Waals surface area contributed by atoms with Crippen LogP contribution in [0.5, 0.6) is 0 Å². The first-order valence-electron chi connectivity index (χ1n) is 8.40. The molecule has 0 aromatic rings. The second-order valence-electron chi connectivity index (χ2n) is 7.67. The van der Waals surface area contributed by atoms with E-state index < -0.39 is 47.2 Å². The van der Waals surface area contributed by atoms with Gasteiger partial charge in [0, 0.05) is 18.8 Å². The van der Waals surface area contributed by atoms with Crippen molar-refractivity contribution >= 4 is 23.8 Å². The van der Waals surface area contributed by atoms with Gasteiger partial charge in [0.25, 0.3) is 0 Å². The van der Waals surface area contributed by atoms with Crippen LogP contribution in [-0.2, 0) is 28.7 Å². The molecular formula is C17H23NO6. The van der Waals surface area contributed by atoms with Crippen molar-refractivity contribution in [1.29, 1.82) is 0 Å². The first-order valence-corrected chi connectivity index (χ1v) is 8.40. The van der Waals surface area contributed by atoms with Crippen LogP contribution in [0.15, 0.2) is 0 Å². The fourth-order valence-electron chi connectivity index (χ4n) is 4.19. The average Bonchev–Trinajstić information content (AvgIpc) is 3.09. The van der Waals surface area contributed by atoms with Crippen LogP contribution in [0.4, 0.5) is 0 Å². The number of carbonyl (C=O) groups is 4. The van der Waals surface area contributed by atoms with E-state index in [1.807, 2.05) is 6.92 Å². The summed E-state index contributed by atoms with van der Waals surface area (Å²) in [6.07, 6.45) is 0.138. The average molecular weight is 337 g/mol. The summed E-state index contributed by atoms with van der Waals surface area (Å²) in [7, 11) is 0. The zero-order valence-electron chi connectivity index (χ0n) is 14.3. The predicted octanol–water partition coefficient (Wildman–Crippen LogP) is 0.805. The summed E-state index contributed by atoms with van der Waals surface area (Å²) in [6, 6.07) is 0. The van der Waals surface area contributed by atoms with Crippen molar-refractivity contribution in [2.24, 2.45) is 29.1 Å². The van der Waals surface area contributed by atoms with Gasteiger partial charge in [-0.25, -0.2) is 0 Å². The third kappa shape index (κ3) is 2.41. The van der Waals surface area contributed by atoms with Gasteiger partial charge in [-0.1, -0.05) is 6.92 Å². The molecular weight excluding hydrogens is 314 g/mol. The van der Waals surface area contributed by atoms with Crippen LogP contribution in [-0.4, -0.2) is 36.0 Å². The van der Waals surface area contributed by atoms with Gasteiger partial charge >= 0.3 is 11.9 Å². The third-order valence-electron chi connectivity index (χ3n) is 5.83. The standard InChI is InChI=1S/C17H23NO6/c1-5-17(3,4)16(22)24-13-8-6-9-11(15(21)23-12(9)13)10(8)14(20)18-7(2)19/h8-13H,5-6H2,1-4H3,(H,18,19,20). The van der Waals surface area contributed by atoms with E-state index >= 15 is 0 Å². The van der Waals surface area contributed by atoms with Crippen LogP contribution in [0.25, 0.3) is 0 Å². The zero-order valence-corrected chi connectivity index (χ0v) is 14.3. The molecule has 0 spiro atoms. The Kier molecular flexibility index (Phi) is 3.92. The predicted molar refractivity (Wildman–Crippen MR) is 81.2 cm³/mol. The van der Waals surface area contributed by atoms with E-state index in [-0.39, 0.29) is 17.8 Å². The normalized spacial score (nSPS) is 36.4. The SMILES string of the molecule is CCC(C)(C)C(=O)OC1C2CC3C1OC(=O)C3C2C(=O)NC(C)=O. The molecule has 2 amide bonds. The van der Waals surface area contributed by atoms with Gasteiger partial charge in [-0.15, -0.1) is 0 Å². The lowest BCUT2D eigenvalue weighted by molar-refractivity contribution is -0.172. The van der Waals surface area contributed by atoms with E-state index in [0.29, 0.717) is 12.8 Å². The number of esters is 2. The van der Waals surface area contributed by atoms with Crippen LogP contribution in [0, 0.1) is 29.1 Å². The number of amides is 2. The summed E-state index contributed by atoms with van der Waals surface area (Å²) in [6.45, 7) is 6.75. The van der Waals surface area contributed by atoms with Crippen molar-refractivity contribution in [3.05, 3.63) is 0 Å². The van der Waals surface area contributed by atoms with Crippen LogP contribution in [0.2, 0.25) is 0 Å². The Balaban J connectivity index is 1.83. The molecule has 1 aliphatic heterocycles. The van der Waals surface area contributed by atoms with E-state index in [4.69, 9.17) is 9.47 Å². The van der Waals surface area contributed by atoms with E-state index in [0.717, 1.165) is 0 Å². The van der Waals surface area contributed by atoms with Gasteiger partial charge in [-0.2, -0.15) is 0 Å². The van der Waals surface area contributed by atoms with E-state index in [9.17, 15) is 19.2 Å². The molecule has 0 radical (unpaired) electrons. The van der Waals surface area contributed by atoms with E-state index in [2.05, 4.69) is 5.32 Å². The minimum atomic E-state index is -0.673. The van der Waals surface area contributed by atoms with Gasteiger partial charge in [0.1, 0.15) is 12.2 Å². The molecule has 1 N–H and O–H groups in total. The van der Waals surface area contributed by atoms with Crippen molar-refractivity contribution in [2.45, 2.75) is 52.7 Å². The highest BCUT2D eigenvalue weighted by Gasteiger charge is 2.69. The second-order valence-corrected chi connectivity index (χ2v) is 7.67. The molecule has 2 aliphatic carbocycles. The molecule has 2 saturated carbocycles. The van der Waals surface area contributed by atoms with Crippen LogP contribution >= 0.6 is 0 Å². The molecule has 3 rings (SSSR count). The number of hydrogen-bond acceptors (Lipinski definition) is 6. The summed E-state index contributed by atoms with van der Waals surface area (Å²) < 4.78 is 11.1. The number of fused-ring (bicyclic) bond motifs is 1. The summed E-state index contributed by atoms with van der Waals surface area (Å²) in [4.78, 5) is 48.2. The highest BCUT2D eigenvalue weighted by molar-refractivity contribution is 5.98. The Labute approximate surface area is 140 Å². The number of hydrogen-bond donors (Lipinski definition) is 1. The number of carbonyl (C=O) groups excluding carboxylic acids is 4. The molecule has 1 saturated heterocycles. The highest BCUT2D eigenvalue weighted by atomic mass is 16.6. The van der Waals surface area contributed by atoms with Gasteiger partial charge in [-0.3, -0.25) is 24.5 Å². The van der Waals surface area contributed by atoms with Crippen LogP contribution in [0.3, 0.4) is 0 Å². The second kappa shape index (κ2) is 5.57. The van der Waals surface area contributed by atoms with E-state index in [1.54, 1.807) is 13.8 Å². The van der Waals surface area contributed by atoms with Crippen molar-refractivity contribution in [3.8, 4) is 0 Å². The number of ether oxygens (including phenoxy) is 2. The fourth-order valence-corrected chi connectivity index (χ4v) is 4.19. The molecule has 2 bridgehead atoms. The molecule has 7 nitrogen and oxygen atoms in total. The topological polar surface area (TPSA) is 98.8 Å². The number of nitrogens with one attached hydrogen (secondary N) is 1. The lowest BCUT2D eigenvalue weighted by Gasteiger charge is -2.32. The van der Waals surface area contributed by atoms with Gasteiger partial charge < -0.3 is 9.47 Å². The highest BCUT2D eigenvalue weighted by Crippen LogP contribution is 2.58. The molecule has 7 heteroatoms. The fraction of sp³-hybridized carbons (Fsp3) is 0.765. The van der Waals surface area contributed by atoms with Gasteiger partial charge in [0.2, 0.25) is 11.8 Å². The van der Waals surface area contributed by atoms with Crippen LogP contribution < -0.4 is 5.32 Å². The number of rotatable bonds is 4. The minimum absolute atomic E-state index is 0.118. The summed E-state index contributed by atoms with van der Waals surface area (Å²) in [5, 5.41) is 2.26. The molecule has 0 aromatic carbocycles. The van der Waals surface area contributed by atoms with Crippen molar-refractivity contribution in [3.63, 3.8) is 0 Å². The maximum atomic E-state index is 12.4. The first-order chi connectivity index (χ1) is 11.2. The molecule has 24 heavy (non-hydrogen) atoms. The quantitative estimate of drug-likeness (QED) is 0.762.